The van der Waals surface area contributed by atoms with Crippen LogP contribution in [-0.2, 0) is 27.9 Å². The quantitative estimate of drug-likeness (QED) is 0.335. The van der Waals surface area contributed by atoms with Crippen molar-refractivity contribution in [2.24, 2.45) is 18.9 Å². The average Bonchev–Trinajstić information content (AvgIpc) is 3.36. The molecule has 2 amide bonds. The predicted molar refractivity (Wildman–Crippen MR) is 128 cm³/mol. The number of nitrogens with one attached hydrogen (secondary N) is 1. The Bertz CT molecular complexity index is 1030. The van der Waals surface area contributed by atoms with Crippen molar-refractivity contribution >= 4 is 29.5 Å². The van der Waals surface area contributed by atoms with Gasteiger partial charge in [-0.3, -0.25) is 9.59 Å². The number of rotatable bonds is 9. The summed E-state index contributed by atoms with van der Waals surface area (Å²) < 4.78 is 1.99. The summed E-state index contributed by atoms with van der Waals surface area (Å²) in [6.07, 6.45) is 5.54. The Hall–Kier alpha value is -2.43. The SMILES string of the molecule is CC(O)[C@H]1C(=O)N2C(C(=O)[O-])=C(S[C@@H]3CN[C@H](C(=O)N(C)CCCc4cc[n+](C)cc4)C3)[C@H](C)[C@H]12. The Morgan fingerprint density at radius 3 is 2.69 bits per heavy atom. The standard InChI is InChI=1S/C25H34N4O5S/c1-14-20-19(15(2)30)24(32)29(20)21(25(33)34)22(14)35-17-12-18(26-13-17)23(31)28(4)9-5-6-16-7-10-27(3)11-8-16/h7-8,10-11,14-15,17-20,26,30H,5-6,9,12-13H2,1-4H3/t14-,15?,17+,18+,19-,20-/m1/s1. The number of aliphatic carboxylic acids is 1. The molecule has 9 nitrogen and oxygen atoms in total. The summed E-state index contributed by atoms with van der Waals surface area (Å²) in [6.45, 7) is 4.68. The molecule has 2 N–H and O–H groups in total. The summed E-state index contributed by atoms with van der Waals surface area (Å²) in [5.41, 5.74) is 1.17. The molecule has 0 radical (unpaired) electrons. The van der Waals surface area contributed by atoms with Crippen LogP contribution in [0.1, 0.15) is 32.3 Å². The van der Waals surface area contributed by atoms with Crippen LogP contribution in [0.5, 0.6) is 0 Å². The van der Waals surface area contributed by atoms with E-state index >= 15 is 0 Å². The van der Waals surface area contributed by atoms with Crippen molar-refractivity contribution in [3.05, 3.63) is 40.7 Å². The van der Waals surface area contributed by atoms with Crippen LogP contribution in [0.15, 0.2) is 35.1 Å². The Labute approximate surface area is 210 Å². The Balaban J connectivity index is 1.32. The maximum absolute atomic E-state index is 13.0. The van der Waals surface area contributed by atoms with E-state index in [-0.39, 0.29) is 40.8 Å². The zero-order chi connectivity index (χ0) is 25.4. The lowest BCUT2D eigenvalue weighted by molar-refractivity contribution is -0.671. The van der Waals surface area contributed by atoms with Crippen LogP contribution in [0.4, 0.5) is 0 Å². The molecule has 190 valence electrons. The van der Waals surface area contributed by atoms with Crippen LogP contribution in [0.2, 0.25) is 0 Å². The lowest BCUT2D eigenvalue weighted by Crippen LogP contribution is -2.64. The van der Waals surface area contributed by atoms with Crippen molar-refractivity contribution in [2.45, 2.75) is 56.5 Å². The monoisotopic (exact) mass is 502 g/mol. The zero-order valence-electron chi connectivity index (χ0n) is 20.6. The molecule has 2 saturated heterocycles. The van der Waals surface area contributed by atoms with E-state index < -0.39 is 18.0 Å². The molecular formula is C25H34N4O5S. The summed E-state index contributed by atoms with van der Waals surface area (Å²) in [7, 11) is 3.80. The fourth-order valence-corrected chi connectivity index (χ4v) is 6.90. The second-order valence-electron chi connectivity index (χ2n) is 9.93. The second-order valence-corrected chi connectivity index (χ2v) is 11.3. The third-order valence-electron chi connectivity index (χ3n) is 7.37. The average molecular weight is 503 g/mol. The smallest absolute Gasteiger partial charge is 0.239 e. The van der Waals surface area contributed by atoms with Gasteiger partial charge in [0.25, 0.3) is 0 Å². The normalized spacial score (nSPS) is 28.7. The molecule has 0 saturated carbocycles. The molecule has 3 aliphatic rings. The van der Waals surface area contributed by atoms with E-state index in [1.165, 1.54) is 22.2 Å². The first-order valence-corrected chi connectivity index (χ1v) is 13.0. The molecule has 3 aliphatic heterocycles. The maximum Gasteiger partial charge on any atom is 0.239 e. The van der Waals surface area contributed by atoms with Gasteiger partial charge >= 0.3 is 0 Å². The molecular weight excluding hydrogens is 468 g/mol. The first-order chi connectivity index (χ1) is 16.6. The zero-order valence-corrected chi connectivity index (χ0v) is 21.5. The minimum Gasteiger partial charge on any atom is -0.543 e. The first-order valence-electron chi connectivity index (χ1n) is 12.2. The number of hydrogen-bond donors (Lipinski definition) is 2. The van der Waals surface area contributed by atoms with E-state index in [0.717, 1.165) is 12.8 Å². The Morgan fingerprint density at radius 1 is 1.37 bits per heavy atom. The van der Waals surface area contributed by atoms with Gasteiger partial charge in [0, 0.05) is 48.3 Å². The number of β-lactam (4-membered cyclic amide) rings is 1. The minimum atomic E-state index is -1.37. The molecule has 0 aromatic carbocycles. The van der Waals surface area contributed by atoms with Crippen molar-refractivity contribution in [1.29, 1.82) is 0 Å². The molecule has 4 rings (SSSR count). The molecule has 0 spiro atoms. The van der Waals surface area contributed by atoms with Crippen molar-refractivity contribution in [3.63, 3.8) is 0 Å². The number of nitrogens with zero attached hydrogens (tertiary/aromatic N) is 3. The Kier molecular flexibility index (Phi) is 7.54. The summed E-state index contributed by atoms with van der Waals surface area (Å²) in [6, 6.07) is 3.49. The number of carbonyl (C=O) groups is 3. The topological polar surface area (TPSA) is 117 Å². The summed E-state index contributed by atoms with van der Waals surface area (Å²) in [5, 5.41) is 25.2. The van der Waals surface area contributed by atoms with E-state index in [1.54, 1.807) is 11.8 Å². The van der Waals surface area contributed by atoms with Gasteiger partial charge in [-0.1, -0.05) is 6.92 Å². The fourth-order valence-electron chi connectivity index (χ4n) is 5.43. The van der Waals surface area contributed by atoms with Crippen LogP contribution in [0.3, 0.4) is 0 Å². The lowest BCUT2D eigenvalue weighted by Gasteiger charge is -2.47. The van der Waals surface area contributed by atoms with Gasteiger partial charge in [0.15, 0.2) is 12.4 Å². The van der Waals surface area contributed by atoms with Gasteiger partial charge in [-0.2, -0.15) is 0 Å². The number of aryl methyl sites for hydroxylation is 2. The van der Waals surface area contributed by atoms with Crippen molar-refractivity contribution in [3.8, 4) is 0 Å². The van der Waals surface area contributed by atoms with E-state index in [9.17, 15) is 24.6 Å². The molecule has 1 aromatic rings. The van der Waals surface area contributed by atoms with E-state index in [4.69, 9.17) is 0 Å². The highest BCUT2D eigenvalue weighted by Crippen LogP contribution is 2.51. The number of likely N-dealkylation sites (N-methyl/N-ethyl adjacent to an activating group) is 1. The molecule has 2 fully saturated rings. The number of carbonyl (C=O) groups excluding carboxylic acids is 3. The summed E-state index contributed by atoms with van der Waals surface area (Å²) >= 11 is 1.42. The van der Waals surface area contributed by atoms with Crippen molar-refractivity contribution < 1.29 is 29.2 Å². The van der Waals surface area contributed by atoms with Gasteiger partial charge < -0.3 is 30.1 Å². The molecule has 1 unspecified atom stereocenters. The van der Waals surface area contributed by atoms with Crippen LogP contribution < -0.4 is 15.0 Å². The number of pyridine rings is 1. The molecule has 10 heteroatoms. The highest BCUT2D eigenvalue weighted by Gasteiger charge is 2.59. The molecule has 6 atom stereocenters. The van der Waals surface area contributed by atoms with Gasteiger partial charge in [0.1, 0.15) is 7.05 Å². The predicted octanol–water partition coefficient (Wildman–Crippen LogP) is -0.815. The van der Waals surface area contributed by atoms with Crippen LogP contribution in [0, 0.1) is 11.8 Å². The number of aromatic nitrogens is 1. The minimum absolute atomic E-state index is 0.00742. The van der Waals surface area contributed by atoms with Crippen molar-refractivity contribution in [1.82, 2.24) is 15.1 Å². The number of thioether (sulfide) groups is 1. The van der Waals surface area contributed by atoms with E-state index in [1.807, 2.05) is 38.0 Å². The largest absolute Gasteiger partial charge is 0.543 e. The van der Waals surface area contributed by atoms with Gasteiger partial charge in [-0.15, -0.1) is 11.8 Å². The summed E-state index contributed by atoms with van der Waals surface area (Å²) in [4.78, 5) is 41.0. The van der Waals surface area contributed by atoms with Gasteiger partial charge in [0.05, 0.1) is 35.8 Å². The molecule has 35 heavy (non-hydrogen) atoms. The number of amides is 2. The highest BCUT2D eigenvalue weighted by atomic mass is 32.2. The third kappa shape index (κ3) is 4.96. The van der Waals surface area contributed by atoms with Gasteiger partial charge in [-0.25, -0.2) is 4.57 Å². The maximum atomic E-state index is 13.0. The second kappa shape index (κ2) is 10.3. The number of carboxylic acids is 1. The number of aliphatic hydroxyl groups excluding tert-OH is 1. The third-order valence-corrected chi connectivity index (χ3v) is 8.88. The van der Waals surface area contributed by atoms with Crippen LogP contribution >= 0.6 is 11.8 Å². The Morgan fingerprint density at radius 2 is 2.06 bits per heavy atom. The van der Waals surface area contributed by atoms with E-state index in [2.05, 4.69) is 17.4 Å². The van der Waals surface area contributed by atoms with E-state index in [0.29, 0.717) is 24.4 Å². The number of aliphatic hydroxyl groups is 1. The number of hydrogen-bond acceptors (Lipinski definition) is 7. The molecule has 1 aromatic heterocycles. The number of fused-ring (bicyclic) bond motifs is 1. The number of carboxylic acid groups (broad SMARTS) is 1. The highest BCUT2D eigenvalue weighted by molar-refractivity contribution is 8.03. The molecule has 4 heterocycles. The lowest BCUT2D eigenvalue weighted by atomic mass is 9.79. The molecule has 0 aliphatic carbocycles. The first kappa shape index (κ1) is 25.7. The molecule has 0 bridgehead atoms. The summed E-state index contributed by atoms with van der Waals surface area (Å²) in [5.74, 6) is -2.50. The van der Waals surface area contributed by atoms with Crippen LogP contribution in [0.25, 0.3) is 0 Å². The fraction of sp³-hybridized carbons (Fsp3) is 0.600. The van der Waals surface area contributed by atoms with Crippen LogP contribution in [-0.4, -0.2) is 76.3 Å². The van der Waals surface area contributed by atoms with Gasteiger partial charge in [0.2, 0.25) is 11.8 Å². The van der Waals surface area contributed by atoms with Gasteiger partial charge in [-0.05, 0) is 31.7 Å². The van der Waals surface area contributed by atoms with Crippen molar-refractivity contribution in [2.75, 3.05) is 20.1 Å².